The van der Waals surface area contributed by atoms with Gasteiger partial charge in [-0.05, 0) is 31.2 Å². The van der Waals surface area contributed by atoms with Crippen molar-refractivity contribution in [2.24, 2.45) is 0 Å². The minimum Gasteiger partial charge on any atom is -0.397 e. The van der Waals surface area contributed by atoms with Gasteiger partial charge in [-0.3, -0.25) is 4.98 Å². The maximum absolute atomic E-state index is 13.6. The van der Waals surface area contributed by atoms with Crippen LogP contribution in [0.1, 0.15) is 5.56 Å². The molecule has 20 heavy (non-hydrogen) atoms. The molecule has 3 nitrogen and oxygen atoms in total. The first-order valence-electron chi connectivity index (χ1n) is 6.31. The van der Waals surface area contributed by atoms with E-state index in [0.29, 0.717) is 16.9 Å². The molecular formula is C16H14FN3. The molecule has 0 bridgehead atoms. The van der Waals surface area contributed by atoms with E-state index in [0.717, 1.165) is 16.5 Å². The first-order valence-corrected chi connectivity index (χ1v) is 6.31. The van der Waals surface area contributed by atoms with Gasteiger partial charge in [0.25, 0.3) is 0 Å². The third-order valence-corrected chi connectivity index (χ3v) is 3.40. The van der Waals surface area contributed by atoms with E-state index in [2.05, 4.69) is 10.3 Å². The largest absolute Gasteiger partial charge is 0.397 e. The Morgan fingerprint density at radius 2 is 1.95 bits per heavy atom. The number of nitrogen functional groups attached to an aromatic ring is 1. The van der Waals surface area contributed by atoms with Gasteiger partial charge >= 0.3 is 0 Å². The Morgan fingerprint density at radius 3 is 2.80 bits per heavy atom. The number of benzene rings is 2. The minimum atomic E-state index is -0.237. The van der Waals surface area contributed by atoms with Gasteiger partial charge in [-0.25, -0.2) is 4.39 Å². The second kappa shape index (κ2) is 4.81. The molecule has 3 aromatic rings. The van der Waals surface area contributed by atoms with Crippen molar-refractivity contribution < 1.29 is 4.39 Å². The lowest BCUT2D eigenvalue weighted by Crippen LogP contribution is -1.99. The molecule has 4 heteroatoms. The smallest absolute Gasteiger partial charge is 0.128 e. The average molecular weight is 267 g/mol. The van der Waals surface area contributed by atoms with E-state index in [4.69, 9.17) is 5.73 Å². The summed E-state index contributed by atoms with van der Waals surface area (Å²) >= 11 is 0. The molecular weight excluding hydrogens is 253 g/mol. The molecule has 3 N–H and O–H groups in total. The lowest BCUT2D eigenvalue weighted by molar-refractivity contribution is 0.619. The van der Waals surface area contributed by atoms with Crippen molar-refractivity contribution in [3.8, 4) is 0 Å². The normalized spacial score (nSPS) is 10.7. The lowest BCUT2D eigenvalue weighted by Gasteiger charge is -2.13. The van der Waals surface area contributed by atoms with Crippen molar-refractivity contribution in [1.82, 2.24) is 4.98 Å². The van der Waals surface area contributed by atoms with Crippen LogP contribution in [0.2, 0.25) is 0 Å². The highest BCUT2D eigenvalue weighted by Crippen LogP contribution is 2.31. The van der Waals surface area contributed by atoms with Crippen LogP contribution in [0.15, 0.2) is 48.8 Å². The zero-order chi connectivity index (χ0) is 14.1. The van der Waals surface area contributed by atoms with Crippen LogP contribution >= 0.6 is 0 Å². The summed E-state index contributed by atoms with van der Waals surface area (Å²) in [7, 11) is 0. The molecule has 0 aliphatic carbocycles. The van der Waals surface area contributed by atoms with Gasteiger partial charge in [0.1, 0.15) is 5.82 Å². The number of aromatic nitrogens is 1. The Hall–Kier alpha value is -2.62. The van der Waals surface area contributed by atoms with Crippen LogP contribution in [0.5, 0.6) is 0 Å². The van der Waals surface area contributed by atoms with Crippen LogP contribution in [0.25, 0.3) is 10.8 Å². The van der Waals surface area contributed by atoms with Crippen LogP contribution in [-0.2, 0) is 0 Å². The summed E-state index contributed by atoms with van der Waals surface area (Å²) in [6.07, 6.45) is 3.47. The molecule has 0 atom stereocenters. The number of pyridine rings is 1. The van der Waals surface area contributed by atoms with Gasteiger partial charge in [0, 0.05) is 34.4 Å². The molecule has 0 aliphatic heterocycles. The summed E-state index contributed by atoms with van der Waals surface area (Å²) in [6, 6.07) is 10.6. The highest BCUT2D eigenvalue weighted by molar-refractivity contribution is 5.99. The number of fused-ring (bicyclic) bond motifs is 1. The number of anilines is 3. The molecule has 0 spiro atoms. The fraction of sp³-hybridized carbons (Fsp3) is 0.0625. The third kappa shape index (κ3) is 2.05. The highest BCUT2D eigenvalue weighted by atomic mass is 19.1. The summed E-state index contributed by atoms with van der Waals surface area (Å²) in [6.45, 7) is 1.73. The fourth-order valence-electron chi connectivity index (χ4n) is 2.19. The summed E-state index contributed by atoms with van der Waals surface area (Å²) in [4.78, 5) is 4.07. The Bertz CT molecular complexity index is 784. The minimum absolute atomic E-state index is 0.237. The zero-order valence-corrected chi connectivity index (χ0v) is 11.0. The van der Waals surface area contributed by atoms with Crippen LogP contribution in [-0.4, -0.2) is 4.98 Å². The second-order valence-electron chi connectivity index (χ2n) is 4.66. The average Bonchev–Trinajstić information content (AvgIpc) is 2.47. The summed E-state index contributed by atoms with van der Waals surface area (Å²) in [5.74, 6) is -0.237. The van der Waals surface area contributed by atoms with Crippen molar-refractivity contribution in [2.45, 2.75) is 6.92 Å². The molecule has 1 aromatic heterocycles. The number of nitrogens with zero attached hydrogens (tertiary/aromatic N) is 1. The lowest BCUT2D eigenvalue weighted by atomic mass is 10.1. The first kappa shape index (κ1) is 12.4. The van der Waals surface area contributed by atoms with Gasteiger partial charge in [-0.15, -0.1) is 0 Å². The third-order valence-electron chi connectivity index (χ3n) is 3.40. The van der Waals surface area contributed by atoms with Gasteiger partial charge in [0.15, 0.2) is 0 Å². The molecule has 0 saturated heterocycles. The van der Waals surface area contributed by atoms with E-state index in [1.54, 1.807) is 25.4 Å². The Morgan fingerprint density at radius 1 is 1.10 bits per heavy atom. The van der Waals surface area contributed by atoms with E-state index in [-0.39, 0.29) is 5.82 Å². The fourth-order valence-corrected chi connectivity index (χ4v) is 2.19. The van der Waals surface area contributed by atoms with Crippen LogP contribution in [0, 0.1) is 12.7 Å². The van der Waals surface area contributed by atoms with Crippen molar-refractivity contribution >= 4 is 27.8 Å². The molecule has 0 amide bonds. The van der Waals surface area contributed by atoms with Crippen LogP contribution < -0.4 is 11.1 Å². The van der Waals surface area contributed by atoms with E-state index in [1.807, 2.05) is 24.3 Å². The van der Waals surface area contributed by atoms with Crippen molar-refractivity contribution in [3.63, 3.8) is 0 Å². The molecule has 0 aliphatic rings. The van der Waals surface area contributed by atoms with Crippen LogP contribution in [0.4, 0.5) is 21.5 Å². The number of hydrogen-bond donors (Lipinski definition) is 2. The van der Waals surface area contributed by atoms with E-state index >= 15 is 0 Å². The van der Waals surface area contributed by atoms with Crippen molar-refractivity contribution in [3.05, 3.63) is 60.2 Å². The Kier molecular flexibility index (Phi) is 2.99. The van der Waals surface area contributed by atoms with E-state index in [9.17, 15) is 4.39 Å². The molecule has 0 fully saturated rings. The summed E-state index contributed by atoms with van der Waals surface area (Å²) < 4.78 is 13.6. The topological polar surface area (TPSA) is 50.9 Å². The van der Waals surface area contributed by atoms with E-state index in [1.165, 1.54) is 6.07 Å². The molecule has 0 unspecified atom stereocenters. The molecule has 0 radical (unpaired) electrons. The zero-order valence-electron chi connectivity index (χ0n) is 11.0. The van der Waals surface area contributed by atoms with E-state index < -0.39 is 0 Å². The van der Waals surface area contributed by atoms with Gasteiger partial charge in [0.2, 0.25) is 0 Å². The van der Waals surface area contributed by atoms with Gasteiger partial charge in [-0.1, -0.05) is 12.1 Å². The molecule has 100 valence electrons. The SMILES string of the molecule is Cc1c(F)cccc1Nc1ccc2cnccc2c1N. The Balaban J connectivity index is 2.07. The maximum atomic E-state index is 13.6. The summed E-state index contributed by atoms with van der Waals surface area (Å²) in [5.41, 5.74) is 8.85. The second-order valence-corrected chi connectivity index (χ2v) is 4.66. The Labute approximate surface area is 116 Å². The number of halogens is 1. The number of nitrogens with one attached hydrogen (secondary N) is 1. The number of nitrogens with two attached hydrogens (primary N) is 1. The highest BCUT2D eigenvalue weighted by Gasteiger charge is 2.07. The summed E-state index contributed by atoms with van der Waals surface area (Å²) in [5, 5.41) is 5.10. The molecule has 0 saturated carbocycles. The predicted octanol–water partition coefficient (Wildman–Crippen LogP) is 4.01. The van der Waals surface area contributed by atoms with Crippen LogP contribution in [0.3, 0.4) is 0 Å². The van der Waals surface area contributed by atoms with Crippen molar-refractivity contribution in [1.29, 1.82) is 0 Å². The molecule has 1 heterocycles. The number of rotatable bonds is 2. The number of hydrogen-bond acceptors (Lipinski definition) is 3. The monoisotopic (exact) mass is 267 g/mol. The van der Waals surface area contributed by atoms with Gasteiger partial charge in [0.05, 0.1) is 11.4 Å². The molecule has 2 aromatic carbocycles. The first-order chi connectivity index (χ1) is 9.66. The van der Waals surface area contributed by atoms with Gasteiger partial charge < -0.3 is 11.1 Å². The standard InChI is InChI=1S/C16H14FN3/c1-10-13(17)3-2-4-14(10)20-15-6-5-11-9-19-8-7-12(11)16(15)18/h2-9,20H,18H2,1H3. The predicted molar refractivity (Wildman–Crippen MR) is 80.6 cm³/mol. The van der Waals surface area contributed by atoms with Crippen molar-refractivity contribution in [2.75, 3.05) is 11.1 Å². The van der Waals surface area contributed by atoms with Gasteiger partial charge in [-0.2, -0.15) is 0 Å². The quantitative estimate of drug-likeness (QED) is 0.690. The maximum Gasteiger partial charge on any atom is 0.128 e. The molecule has 3 rings (SSSR count).